The van der Waals surface area contributed by atoms with Crippen LogP contribution in [0.2, 0.25) is 10.0 Å². The number of halogens is 2. The minimum absolute atomic E-state index is 0.119. The molecule has 0 aliphatic carbocycles. The molecule has 0 aliphatic rings. The topological polar surface area (TPSA) is 101 Å². The van der Waals surface area contributed by atoms with Crippen molar-refractivity contribution in [3.8, 4) is 11.3 Å². The number of sulfonamides is 1. The molecule has 1 heterocycles. The lowest BCUT2D eigenvalue weighted by Gasteiger charge is -2.18. The molecule has 4 aromatic rings. The summed E-state index contributed by atoms with van der Waals surface area (Å²) in [4.78, 5) is 12.8. The quantitative estimate of drug-likeness (QED) is 0.192. The fourth-order valence-electron chi connectivity index (χ4n) is 3.51. The first-order valence-corrected chi connectivity index (χ1v) is 13.5. The van der Waals surface area contributed by atoms with Gasteiger partial charge >= 0.3 is 0 Å². The van der Waals surface area contributed by atoms with Crippen LogP contribution in [0.4, 0.5) is 0 Å². The number of aryl methyl sites for hydroxylation is 1. The predicted octanol–water partition coefficient (Wildman–Crippen LogP) is 6.12. The first-order chi connectivity index (χ1) is 17.7. The molecule has 0 bridgehead atoms. The molecule has 1 atom stereocenters. The van der Waals surface area contributed by atoms with Crippen molar-refractivity contribution in [1.82, 2.24) is 10.1 Å². The van der Waals surface area contributed by atoms with Crippen LogP contribution in [0.15, 0.2) is 99.3 Å². The molecule has 0 spiro atoms. The smallest absolute Gasteiger partial charge is 0.242 e. The highest BCUT2D eigenvalue weighted by atomic mass is 35.5. The van der Waals surface area contributed by atoms with Gasteiger partial charge in [-0.25, -0.2) is 18.6 Å². The summed E-state index contributed by atoms with van der Waals surface area (Å²) in [5.41, 5.74) is 4.76. The van der Waals surface area contributed by atoms with E-state index in [1.807, 2.05) is 13.0 Å². The number of carbonyl (C=O) groups is 1. The third-order valence-corrected chi connectivity index (χ3v) is 7.66. The molecule has 0 fully saturated rings. The third-order valence-electron chi connectivity index (χ3n) is 5.43. The Morgan fingerprint density at radius 1 is 0.973 bits per heavy atom. The zero-order valence-electron chi connectivity index (χ0n) is 19.7. The molecular weight excluding hydrogens is 533 g/mol. The molecule has 1 aromatic heterocycles. The Labute approximate surface area is 225 Å². The van der Waals surface area contributed by atoms with Gasteiger partial charge in [0.15, 0.2) is 0 Å². The number of hydrazone groups is 1. The van der Waals surface area contributed by atoms with Gasteiger partial charge in [0.25, 0.3) is 0 Å². The van der Waals surface area contributed by atoms with E-state index in [0.717, 1.165) is 11.1 Å². The maximum Gasteiger partial charge on any atom is 0.242 e. The van der Waals surface area contributed by atoms with Crippen molar-refractivity contribution in [3.63, 3.8) is 0 Å². The van der Waals surface area contributed by atoms with Crippen LogP contribution in [0, 0.1) is 6.92 Å². The summed E-state index contributed by atoms with van der Waals surface area (Å²) in [5, 5.41) is 4.80. The molecule has 0 aliphatic heterocycles. The molecule has 1 amide bonds. The molecular formula is C27H23Cl2N3O4S. The van der Waals surface area contributed by atoms with Crippen molar-refractivity contribution in [3.05, 3.63) is 112 Å². The molecule has 7 nitrogen and oxygen atoms in total. The predicted molar refractivity (Wildman–Crippen MR) is 145 cm³/mol. The van der Waals surface area contributed by atoms with E-state index in [1.54, 1.807) is 66.7 Å². The Hall–Kier alpha value is -3.43. The van der Waals surface area contributed by atoms with Crippen molar-refractivity contribution in [2.75, 3.05) is 0 Å². The number of furan rings is 1. The normalized spacial score (nSPS) is 12.5. The second-order valence-electron chi connectivity index (χ2n) is 8.23. The summed E-state index contributed by atoms with van der Waals surface area (Å²) >= 11 is 12.0. The Morgan fingerprint density at radius 3 is 2.41 bits per heavy atom. The molecule has 190 valence electrons. The van der Waals surface area contributed by atoms with Gasteiger partial charge in [-0.05, 0) is 55.0 Å². The fraction of sp³-hybridized carbons (Fsp3) is 0.111. The number of nitrogens with zero attached hydrogens (tertiary/aromatic N) is 1. The second kappa shape index (κ2) is 11.7. The van der Waals surface area contributed by atoms with Gasteiger partial charge in [0.1, 0.15) is 11.5 Å². The zero-order chi connectivity index (χ0) is 26.4. The number of amides is 1. The van der Waals surface area contributed by atoms with Crippen LogP contribution < -0.4 is 10.1 Å². The Morgan fingerprint density at radius 2 is 1.70 bits per heavy atom. The zero-order valence-corrected chi connectivity index (χ0v) is 22.0. The molecule has 0 unspecified atom stereocenters. The van der Waals surface area contributed by atoms with Crippen LogP contribution in [-0.2, 0) is 14.8 Å². The molecule has 3 aromatic carbocycles. The Kier molecular flexibility index (Phi) is 8.45. The van der Waals surface area contributed by atoms with Crippen LogP contribution in [0.1, 0.15) is 29.3 Å². The van der Waals surface area contributed by atoms with E-state index < -0.39 is 22.0 Å². The first-order valence-electron chi connectivity index (χ1n) is 11.2. The fourth-order valence-corrected chi connectivity index (χ4v) is 5.03. The van der Waals surface area contributed by atoms with Crippen LogP contribution in [0.3, 0.4) is 0 Å². The maximum absolute atomic E-state index is 13.0. The van der Waals surface area contributed by atoms with Crippen molar-refractivity contribution < 1.29 is 17.6 Å². The third kappa shape index (κ3) is 7.08. The van der Waals surface area contributed by atoms with Crippen molar-refractivity contribution >= 4 is 45.3 Å². The van der Waals surface area contributed by atoms with Crippen molar-refractivity contribution in [1.29, 1.82) is 0 Å². The number of nitrogens with one attached hydrogen (secondary N) is 2. The van der Waals surface area contributed by atoms with Gasteiger partial charge in [-0.2, -0.15) is 5.10 Å². The Bertz CT molecular complexity index is 1520. The molecule has 37 heavy (non-hydrogen) atoms. The van der Waals surface area contributed by atoms with E-state index in [0.29, 0.717) is 27.1 Å². The van der Waals surface area contributed by atoms with Crippen LogP contribution in [0.25, 0.3) is 11.3 Å². The van der Waals surface area contributed by atoms with E-state index in [9.17, 15) is 13.2 Å². The number of hydrogen-bond donors (Lipinski definition) is 2. The van der Waals surface area contributed by atoms with Gasteiger partial charge < -0.3 is 4.42 Å². The average Bonchev–Trinajstić information content (AvgIpc) is 3.35. The second-order valence-corrected chi connectivity index (χ2v) is 10.8. The number of rotatable bonds is 9. The van der Waals surface area contributed by atoms with Crippen molar-refractivity contribution in [2.45, 2.75) is 24.3 Å². The summed E-state index contributed by atoms with van der Waals surface area (Å²) in [6, 6.07) is 23.1. The minimum atomic E-state index is -3.86. The lowest BCUT2D eigenvalue weighted by Crippen LogP contribution is -2.32. The lowest BCUT2D eigenvalue weighted by molar-refractivity contribution is -0.121. The summed E-state index contributed by atoms with van der Waals surface area (Å²) < 4.78 is 34.3. The first kappa shape index (κ1) is 26.6. The highest BCUT2D eigenvalue weighted by Gasteiger charge is 2.23. The van der Waals surface area contributed by atoms with Gasteiger partial charge in [-0.15, -0.1) is 0 Å². The van der Waals surface area contributed by atoms with Gasteiger partial charge in [0, 0.05) is 12.0 Å². The number of hydrogen-bond acceptors (Lipinski definition) is 5. The van der Waals surface area contributed by atoms with Crippen LogP contribution >= 0.6 is 23.2 Å². The van der Waals surface area contributed by atoms with Gasteiger partial charge in [-0.1, -0.05) is 71.2 Å². The molecule has 0 saturated heterocycles. The maximum atomic E-state index is 13.0. The SMILES string of the molecule is Cc1ccc(S(=O)(=O)N[C@@H](CC(=O)N/N=C\c2ccc(-c3ccc(Cl)c(Cl)c3)o2)c2ccccc2)cc1. The minimum Gasteiger partial charge on any atom is -0.455 e. The highest BCUT2D eigenvalue weighted by Crippen LogP contribution is 2.29. The molecule has 10 heteroatoms. The molecule has 0 radical (unpaired) electrons. The summed E-state index contributed by atoms with van der Waals surface area (Å²) in [7, 11) is -3.86. The monoisotopic (exact) mass is 555 g/mol. The van der Waals surface area contributed by atoms with E-state index in [2.05, 4.69) is 15.2 Å². The van der Waals surface area contributed by atoms with Crippen LogP contribution in [0.5, 0.6) is 0 Å². The van der Waals surface area contributed by atoms with Crippen LogP contribution in [-0.4, -0.2) is 20.5 Å². The van der Waals surface area contributed by atoms with Gasteiger partial charge in [-0.3, -0.25) is 4.79 Å². The molecule has 2 N–H and O–H groups in total. The van der Waals surface area contributed by atoms with Crippen molar-refractivity contribution in [2.24, 2.45) is 5.10 Å². The lowest BCUT2D eigenvalue weighted by atomic mass is 10.0. The van der Waals surface area contributed by atoms with E-state index in [4.69, 9.17) is 27.6 Å². The van der Waals surface area contributed by atoms with E-state index >= 15 is 0 Å². The summed E-state index contributed by atoms with van der Waals surface area (Å²) in [6.45, 7) is 1.87. The summed E-state index contributed by atoms with van der Waals surface area (Å²) in [6.07, 6.45) is 1.19. The number of benzene rings is 3. The number of carbonyl (C=O) groups excluding carboxylic acids is 1. The standard InChI is InChI=1S/C27H23Cl2N3O4S/c1-18-7-11-22(12-8-18)37(34,35)32-25(19-5-3-2-4-6-19)16-27(33)31-30-17-21-10-14-26(36-21)20-9-13-23(28)24(29)15-20/h2-15,17,25,32H,16H2,1H3,(H,31,33)/b30-17-/t25-/m0/s1. The van der Waals surface area contributed by atoms with E-state index in [-0.39, 0.29) is 11.3 Å². The van der Waals surface area contributed by atoms with E-state index in [1.165, 1.54) is 18.3 Å². The average molecular weight is 556 g/mol. The highest BCUT2D eigenvalue weighted by molar-refractivity contribution is 7.89. The Balaban J connectivity index is 1.43. The molecule has 0 saturated carbocycles. The van der Waals surface area contributed by atoms with Gasteiger partial charge in [0.05, 0.1) is 27.2 Å². The molecule has 4 rings (SSSR count). The largest absolute Gasteiger partial charge is 0.455 e. The summed E-state index contributed by atoms with van der Waals surface area (Å²) in [5.74, 6) is 0.482. The van der Waals surface area contributed by atoms with Gasteiger partial charge in [0.2, 0.25) is 15.9 Å².